The number of hydrogen-bond donors (Lipinski definition) is 0. The molecule has 32 heavy (non-hydrogen) atoms. The van der Waals surface area contributed by atoms with E-state index in [4.69, 9.17) is 4.74 Å². The van der Waals surface area contributed by atoms with E-state index in [9.17, 15) is 9.36 Å². The highest BCUT2D eigenvalue weighted by molar-refractivity contribution is 7.85. The Kier molecular flexibility index (Phi) is 6.12. The van der Waals surface area contributed by atoms with Crippen LogP contribution in [0.4, 0.5) is 0 Å². The summed E-state index contributed by atoms with van der Waals surface area (Å²) >= 11 is 0. The largest absolute Gasteiger partial charge is 0.426 e. The van der Waals surface area contributed by atoms with E-state index >= 15 is 0 Å². The van der Waals surface area contributed by atoms with Crippen LogP contribution in [0.1, 0.15) is 18.1 Å². The lowest BCUT2D eigenvalue weighted by Gasteiger charge is -2.24. The Hall–Kier alpha value is -3.42. The van der Waals surface area contributed by atoms with Crippen LogP contribution in [0.25, 0.3) is 11.1 Å². The number of aryl methyl sites for hydroxylation is 2. The molecule has 0 bridgehead atoms. The van der Waals surface area contributed by atoms with Crippen molar-refractivity contribution in [2.75, 3.05) is 0 Å². The molecule has 0 fully saturated rings. The molecule has 0 aliphatic carbocycles. The van der Waals surface area contributed by atoms with Gasteiger partial charge in [-0.2, -0.15) is 0 Å². The Morgan fingerprint density at radius 2 is 1.19 bits per heavy atom. The molecule has 4 rings (SSSR count). The molecular formula is C28H25O3P. The summed E-state index contributed by atoms with van der Waals surface area (Å²) < 4.78 is 20.6. The standard InChI is InChI=1S/C28H25O3P/c1-20-18-26(27(19-21(20)2)31-22(3)29)25-16-10-11-17-28(25)32(30,23-12-6-4-7-13-23)24-14-8-5-9-15-24/h4-19H,1-3H3. The summed E-state index contributed by atoms with van der Waals surface area (Å²) in [6.07, 6.45) is 0. The van der Waals surface area contributed by atoms with Crippen molar-refractivity contribution in [3.8, 4) is 16.9 Å². The van der Waals surface area contributed by atoms with E-state index in [-0.39, 0.29) is 5.97 Å². The molecule has 4 heteroatoms. The first-order chi connectivity index (χ1) is 15.4. The second-order valence-corrected chi connectivity index (χ2v) is 10.6. The molecule has 0 radical (unpaired) electrons. The molecule has 0 heterocycles. The van der Waals surface area contributed by atoms with Gasteiger partial charge in [0.15, 0.2) is 7.14 Å². The first-order valence-electron chi connectivity index (χ1n) is 10.5. The minimum absolute atomic E-state index is 0.388. The fourth-order valence-electron chi connectivity index (χ4n) is 3.92. The van der Waals surface area contributed by atoms with Crippen molar-refractivity contribution in [2.24, 2.45) is 0 Å². The molecule has 0 saturated heterocycles. The van der Waals surface area contributed by atoms with Crippen LogP contribution in [0.5, 0.6) is 5.75 Å². The molecule has 0 unspecified atom stereocenters. The third-order valence-electron chi connectivity index (χ3n) is 5.62. The van der Waals surface area contributed by atoms with Crippen LogP contribution in [0.15, 0.2) is 97.1 Å². The van der Waals surface area contributed by atoms with E-state index in [2.05, 4.69) is 0 Å². The summed E-state index contributed by atoms with van der Waals surface area (Å²) in [7, 11) is -3.20. The molecule has 4 aromatic carbocycles. The highest BCUT2D eigenvalue weighted by Gasteiger charge is 2.32. The number of hydrogen-bond acceptors (Lipinski definition) is 3. The SMILES string of the molecule is CC(=O)Oc1cc(C)c(C)cc1-c1ccccc1P(=O)(c1ccccc1)c1ccccc1. The van der Waals surface area contributed by atoms with Crippen molar-refractivity contribution in [3.05, 3.63) is 108 Å². The number of ether oxygens (including phenoxy) is 1. The fourth-order valence-corrected chi connectivity index (χ4v) is 6.79. The van der Waals surface area contributed by atoms with Gasteiger partial charge in [-0.25, -0.2) is 0 Å². The molecule has 0 saturated carbocycles. The van der Waals surface area contributed by atoms with Crippen LogP contribution < -0.4 is 20.7 Å². The number of benzene rings is 4. The summed E-state index contributed by atoms with van der Waals surface area (Å²) in [6, 6.07) is 30.7. The van der Waals surface area contributed by atoms with Crippen molar-refractivity contribution in [3.63, 3.8) is 0 Å². The maximum absolute atomic E-state index is 15.0. The maximum Gasteiger partial charge on any atom is 0.308 e. The zero-order valence-corrected chi connectivity index (χ0v) is 19.3. The van der Waals surface area contributed by atoms with Crippen LogP contribution in [0, 0.1) is 13.8 Å². The number of carbonyl (C=O) groups excluding carboxylic acids is 1. The van der Waals surface area contributed by atoms with Crippen LogP contribution >= 0.6 is 7.14 Å². The lowest BCUT2D eigenvalue weighted by molar-refractivity contribution is -0.131. The van der Waals surface area contributed by atoms with E-state index in [1.54, 1.807) is 0 Å². The fraction of sp³-hybridized carbons (Fsp3) is 0.107. The first-order valence-corrected chi connectivity index (χ1v) is 12.2. The topological polar surface area (TPSA) is 43.4 Å². The van der Waals surface area contributed by atoms with E-state index < -0.39 is 7.14 Å². The molecule has 160 valence electrons. The van der Waals surface area contributed by atoms with E-state index in [1.165, 1.54) is 6.92 Å². The van der Waals surface area contributed by atoms with Crippen molar-refractivity contribution in [1.29, 1.82) is 0 Å². The molecule has 0 aliphatic heterocycles. The molecule has 3 nitrogen and oxygen atoms in total. The van der Waals surface area contributed by atoms with Gasteiger partial charge in [0.2, 0.25) is 0 Å². The van der Waals surface area contributed by atoms with Crippen LogP contribution in [0.3, 0.4) is 0 Å². The van der Waals surface area contributed by atoms with Crippen LogP contribution in [-0.2, 0) is 9.36 Å². The van der Waals surface area contributed by atoms with Crippen molar-refractivity contribution in [2.45, 2.75) is 20.8 Å². The van der Waals surface area contributed by atoms with Crippen molar-refractivity contribution in [1.82, 2.24) is 0 Å². The van der Waals surface area contributed by atoms with E-state index in [0.717, 1.165) is 32.9 Å². The lowest BCUT2D eigenvalue weighted by atomic mass is 9.99. The lowest BCUT2D eigenvalue weighted by Crippen LogP contribution is -2.26. The Balaban J connectivity index is 2.05. The number of esters is 1. The monoisotopic (exact) mass is 440 g/mol. The molecule has 0 aliphatic rings. The predicted octanol–water partition coefficient (Wildman–Crippen LogP) is 5.54. The van der Waals surface area contributed by atoms with Gasteiger partial charge in [0.1, 0.15) is 5.75 Å². The zero-order chi connectivity index (χ0) is 22.7. The summed E-state index contributed by atoms with van der Waals surface area (Å²) in [5.74, 6) is 0.0852. The number of carbonyl (C=O) groups is 1. The summed E-state index contributed by atoms with van der Waals surface area (Å²) in [4.78, 5) is 11.8. The quantitative estimate of drug-likeness (QED) is 0.233. The smallest absolute Gasteiger partial charge is 0.308 e. The first kappa shape index (κ1) is 21.8. The van der Waals surface area contributed by atoms with Gasteiger partial charge in [0, 0.05) is 28.4 Å². The Morgan fingerprint density at radius 1 is 0.688 bits per heavy atom. The molecule has 4 aromatic rings. The van der Waals surface area contributed by atoms with E-state index in [0.29, 0.717) is 11.1 Å². The highest BCUT2D eigenvalue weighted by atomic mass is 31.2. The molecule has 0 amide bonds. The van der Waals surface area contributed by atoms with Gasteiger partial charge >= 0.3 is 5.97 Å². The molecule has 0 N–H and O–H groups in total. The van der Waals surface area contributed by atoms with Crippen LogP contribution in [0.2, 0.25) is 0 Å². The Labute approximate surface area is 189 Å². The molecule has 0 aromatic heterocycles. The summed E-state index contributed by atoms with van der Waals surface area (Å²) in [5.41, 5.74) is 3.64. The maximum atomic E-state index is 15.0. The van der Waals surface area contributed by atoms with Gasteiger partial charge in [0.25, 0.3) is 0 Å². The number of rotatable bonds is 5. The average molecular weight is 440 g/mol. The van der Waals surface area contributed by atoms with Gasteiger partial charge < -0.3 is 9.30 Å². The molecule has 0 spiro atoms. The predicted molar refractivity (Wildman–Crippen MR) is 132 cm³/mol. The van der Waals surface area contributed by atoms with Crippen molar-refractivity contribution < 1.29 is 14.1 Å². The van der Waals surface area contributed by atoms with E-state index in [1.807, 2.05) is 111 Å². The van der Waals surface area contributed by atoms with Gasteiger partial charge in [-0.3, -0.25) is 4.79 Å². The normalized spacial score (nSPS) is 11.2. The van der Waals surface area contributed by atoms with Gasteiger partial charge in [-0.15, -0.1) is 0 Å². The molecular weight excluding hydrogens is 415 g/mol. The summed E-state index contributed by atoms with van der Waals surface area (Å²) in [5, 5.41) is 2.24. The minimum Gasteiger partial charge on any atom is -0.426 e. The second kappa shape index (κ2) is 8.98. The van der Waals surface area contributed by atoms with Crippen molar-refractivity contribution >= 4 is 29.0 Å². The minimum atomic E-state index is -3.20. The third-order valence-corrected chi connectivity index (χ3v) is 8.74. The Morgan fingerprint density at radius 3 is 1.75 bits per heavy atom. The van der Waals surface area contributed by atoms with Gasteiger partial charge in [0.05, 0.1) is 0 Å². The third kappa shape index (κ3) is 4.04. The van der Waals surface area contributed by atoms with Gasteiger partial charge in [-0.1, -0.05) is 84.9 Å². The molecule has 0 atom stereocenters. The zero-order valence-electron chi connectivity index (χ0n) is 18.4. The summed E-state index contributed by atoms with van der Waals surface area (Å²) in [6.45, 7) is 5.40. The van der Waals surface area contributed by atoms with Gasteiger partial charge in [-0.05, 0) is 42.7 Å². The Bertz CT molecular complexity index is 1270. The highest BCUT2D eigenvalue weighted by Crippen LogP contribution is 2.46. The second-order valence-electron chi connectivity index (χ2n) is 7.82. The average Bonchev–Trinajstić information content (AvgIpc) is 2.81. The van der Waals surface area contributed by atoms with Crippen LogP contribution in [-0.4, -0.2) is 5.97 Å².